The van der Waals surface area contributed by atoms with Gasteiger partial charge in [0.1, 0.15) is 0 Å². The van der Waals surface area contributed by atoms with E-state index in [0.29, 0.717) is 13.0 Å². The number of hydrogen-bond acceptors (Lipinski definition) is 3. The lowest BCUT2D eigenvalue weighted by Crippen LogP contribution is -2.41. The lowest BCUT2D eigenvalue weighted by molar-refractivity contribution is -0.121. The summed E-state index contributed by atoms with van der Waals surface area (Å²) in [6.07, 6.45) is 3.70. The average molecular weight is 560 g/mol. The Labute approximate surface area is 229 Å². The molecule has 1 aliphatic carbocycles. The van der Waals surface area contributed by atoms with Crippen molar-refractivity contribution in [1.29, 1.82) is 0 Å². The summed E-state index contributed by atoms with van der Waals surface area (Å²) in [6, 6.07) is 22.1. The van der Waals surface area contributed by atoms with E-state index in [1.54, 1.807) is 0 Å². The van der Waals surface area contributed by atoms with E-state index in [4.69, 9.17) is 23.2 Å². The van der Waals surface area contributed by atoms with Crippen LogP contribution in [0.25, 0.3) is 0 Å². The first-order chi connectivity index (χ1) is 17.7. The molecule has 0 unspecified atom stereocenters. The van der Waals surface area contributed by atoms with Crippen LogP contribution in [0.3, 0.4) is 0 Å². The summed E-state index contributed by atoms with van der Waals surface area (Å²) >= 11 is 12.3. The van der Waals surface area contributed by atoms with Gasteiger partial charge in [-0.15, -0.1) is 0 Å². The maximum atomic E-state index is 13.7. The zero-order chi connectivity index (χ0) is 26.4. The molecule has 0 atom stereocenters. The fourth-order valence-corrected chi connectivity index (χ4v) is 7.04. The van der Waals surface area contributed by atoms with Gasteiger partial charge in [0.05, 0.1) is 11.3 Å². The van der Waals surface area contributed by atoms with E-state index in [-0.39, 0.29) is 39.4 Å². The Morgan fingerprint density at radius 2 is 1.51 bits per heavy atom. The first-order valence-corrected chi connectivity index (χ1v) is 14.7. The van der Waals surface area contributed by atoms with Crippen LogP contribution >= 0.6 is 23.2 Å². The molecule has 1 N–H and O–H groups in total. The molecule has 196 valence electrons. The normalized spacial score (nSPS) is 18.1. The summed E-state index contributed by atoms with van der Waals surface area (Å²) in [6.45, 7) is 2.69. The summed E-state index contributed by atoms with van der Waals surface area (Å²) in [5.41, 5.74) is 3.08. The predicted molar refractivity (Wildman–Crippen MR) is 149 cm³/mol. The number of benzene rings is 3. The van der Waals surface area contributed by atoms with E-state index in [0.717, 1.165) is 36.8 Å². The van der Waals surface area contributed by atoms with Gasteiger partial charge in [0.15, 0.2) is 0 Å². The van der Waals surface area contributed by atoms with Gasteiger partial charge in [-0.05, 0) is 67.9 Å². The minimum absolute atomic E-state index is 0.0263. The van der Waals surface area contributed by atoms with Crippen molar-refractivity contribution >= 4 is 39.1 Å². The molecule has 0 heterocycles. The molecule has 5 nitrogen and oxygen atoms in total. The van der Waals surface area contributed by atoms with Gasteiger partial charge in [0, 0.05) is 29.2 Å². The third-order valence-electron chi connectivity index (χ3n) is 6.83. The molecule has 3 aromatic rings. The summed E-state index contributed by atoms with van der Waals surface area (Å²) in [4.78, 5) is 12.6. The fraction of sp³-hybridized carbons (Fsp3) is 0.345. The third-order valence-corrected chi connectivity index (χ3v) is 9.06. The molecular formula is C29H32Cl2N2O3S. The second-order valence-corrected chi connectivity index (χ2v) is 12.6. The number of carbonyl (C=O) groups is 1. The molecular weight excluding hydrogens is 527 g/mol. The highest BCUT2D eigenvalue weighted by Gasteiger charge is 2.30. The SMILES string of the molecule is Cc1ccc(CC(=O)NC2CCC(CN(Cc3ccccc3)S(=O)(=O)c3cc(Cl)cc(Cl)c3)CC2)cc1. The van der Waals surface area contributed by atoms with Crippen molar-refractivity contribution in [1.82, 2.24) is 9.62 Å². The number of hydrogen-bond donors (Lipinski definition) is 1. The number of amides is 1. The monoisotopic (exact) mass is 558 g/mol. The van der Waals surface area contributed by atoms with Gasteiger partial charge in [-0.3, -0.25) is 4.79 Å². The lowest BCUT2D eigenvalue weighted by atomic mass is 9.86. The molecule has 1 amide bonds. The predicted octanol–water partition coefficient (Wildman–Crippen LogP) is 6.41. The topological polar surface area (TPSA) is 66.5 Å². The Hall–Kier alpha value is -2.38. The smallest absolute Gasteiger partial charge is 0.243 e. The van der Waals surface area contributed by atoms with Gasteiger partial charge >= 0.3 is 0 Å². The van der Waals surface area contributed by atoms with Crippen molar-refractivity contribution in [3.8, 4) is 0 Å². The Kier molecular flexibility index (Phi) is 9.30. The van der Waals surface area contributed by atoms with Crippen molar-refractivity contribution in [2.75, 3.05) is 6.54 Å². The fourth-order valence-electron chi connectivity index (χ4n) is 4.81. The van der Waals surface area contributed by atoms with Crippen molar-refractivity contribution < 1.29 is 13.2 Å². The van der Waals surface area contributed by atoms with Crippen LogP contribution in [0.1, 0.15) is 42.4 Å². The van der Waals surface area contributed by atoms with E-state index in [9.17, 15) is 13.2 Å². The van der Waals surface area contributed by atoms with E-state index in [2.05, 4.69) is 5.32 Å². The Bertz CT molecular complexity index is 1290. The van der Waals surface area contributed by atoms with Crippen LogP contribution in [0, 0.1) is 12.8 Å². The number of nitrogens with zero attached hydrogens (tertiary/aromatic N) is 1. The zero-order valence-electron chi connectivity index (χ0n) is 20.9. The maximum absolute atomic E-state index is 13.7. The standard InChI is InChI=1S/C29H32Cl2N2O3S/c1-21-7-9-22(10-8-21)15-29(34)32-27-13-11-24(12-14-27)20-33(19-23-5-3-2-4-6-23)37(35,36)28-17-25(30)16-26(31)18-28/h2-10,16-18,24,27H,11-15,19-20H2,1H3,(H,32,34). The van der Waals surface area contributed by atoms with Crippen LogP contribution in [0.2, 0.25) is 10.0 Å². The quantitative estimate of drug-likeness (QED) is 0.330. The average Bonchev–Trinajstić information content (AvgIpc) is 2.86. The van der Waals surface area contributed by atoms with Gasteiger partial charge in [-0.25, -0.2) is 8.42 Å². The molecule has 3 aromatic carbocycles. The molecule has 4 rings (SSSR count). The van der Waals surface area contributed by atoms with E-state index in [1.807, 2.05) is 61.5 Å². The number of halogens is 2. The zero-order valence-corrected chi connectivity index (χ0v) is 23.2. The van der Waals surface area contributed by atoms with Gasteiger partial charge in [0.2, 0.25) is 15.9 Å². The maximum Gasteiger partial charge on any atom is 0.243 e. The first-order valence-electron chi connectivity index (χ1n) is 12.5. The minimum atomic E-state index is -3.82. The largest absolute Gasteiger partial charge is 0.353 e. The van der Waals surface area contributed by atoms with Gasteiger partial charge in [0.25, 0.3) is 0 Å². The van der Waals surface area contributed by atoms with Crippen molar-refractivity contribution in [3.05, 3.63) is 99.5 Å². The Morgan fingerprint density at radius 3 is 2.14 bits per heavy atom. The highest BCUT2D eigenvalue weighted by atomic mass is 35.5. The molecule has 0 saturated heterocycles. The number of nitrogens with one attached hydrogen (secondary N) is 1. The lowest BCUT2D eigenvalue weighted by Gasteiger charge is -2.33. The summed E-state index contributed by atoms with van der Waals surface area (Å²) in [7, 11) is -3.82. The molecule has 1 aliphatic rings. The van der Waals surface area contributed by atoms with E-state index in [1.165, 1.54) is 28.1 Å². The molecule has 0 aromatic heterocycles. The highest BCUT2D eigenvalue weighted by Crippen LogP contribution is 2.30. The highest BCUT2D eigenvalue weighted by molar-refractivity contribution is 7.89. The molecule has 0 aliphatic heterocycles. The summed E-state index contributed by atoms with van der Waals surface area (Å²) in [5, 5.41) is 3.73. The van der Waals surface area contributed by atoms with Crippen molar-refractivity contribution in [2.45, 2.75) is 56.5 Å². The van der Waals surface area contributed by atoms with Gasteiger partial charge in [-0.2, -0.15) is 4.31 Å². The summed E-state index contributed by atoms with van der Waals surface area (Å²) < 4.78 is 28.9. The molecule has 0 bridgehead atoms. The number of sulfonamides is 1. The van der Waals surface area contributed by atoms with Gasteiger partial charge < -0.3 is 5.32 Å². The summed E-state index contributed by atoms with van der Waals surface area (Å²) in [5.74, 6) is 0.219. The second kappa shape index (κ2) is 12.4. The number of aryl methyl sites for hydroxylation is 1. The molecule has 1 fully saturated rings. The Balaban J connectivity index is 1.40. The minimum Gasteiger partial charge on any atom is -0.353 e. The van der Waals surface area contributed by atoms with Crippen LogP contribution in [0.15, 0.2) is 77.7 Å². The van der Waals surface area contributed by atoms with Crippen LogP contribution in [-0.4, -0.2) is 31.2 Å². The van der Waals surface area contributed by atoms with Gasteiger partial charge in [-0.1, -0.05) is 83.4 Å². The molecule has 37 heavy (non-hydrogen) atoms. The second-order valence-electron chi connectivity index (χ2n) is 9.84. The first kappa shape index (κ1) is 27.6. The third kappa shape index (κ3) is 7.81. The van der Waals surface area contributed by atoms with Crippen LogP contribution < -0.4 is 5.32 Å². The van der Waals surface area contributed by atoms with Crippen molar-refractivity contribution in [2.24, 2.45) is 5.92 Å². The van der Waals surface area contributed by atoms with Crippen molar-refractivity contribution in [3.63, 3.8) is 0 Å². The van der Waals surface area contributed by atoms with E-state index < -0.39 is 10.0 Å². The molecule has 8 heteroatoms. The molecule has 1 saturated carbocycles. The van der Waals surface area contributed by atoms with Crippen LogP contribution in [0.5, 0.6) is 0 Å². The number of rotatable bonds is 9. The van der Waals surface area contributed by atoms with Crippen LogP contribution in [-0.2, 0) is 27.8 Å². The molecule has 0 spiro atoms. The van der Waals surface area contributed by atoms with E-state index >= 15 is 0 Å². The van der Waals surface area contributed by atoms with Crippen LogP contribution in [0.4, 0.5) is 0 Å². The number of carbonyl (C=O) groups excluding carboxylic acids is 1. The molecule has 0 radical (unpaired) electrons. The Morgan fingerprint density at radius 1 is 0.892 bits per heavy atom.